The van der Waals surface area contributed by atoms with Crippen LogP contribution in [0.4, 0.5) is 15.9 Å². The Balaban J connectivity index is 1.55. The molecule has 1 aliphatic heterocycles. The molecule has 0 spiro atoms. The number of fused-ring (bicyclic) bond motifs is 1. The normalized spacial score (nSPS) is 14.1. The monoisotopic (exact) mass is 430 g/mol. The van der Waals surface area contributed by atoms with Crippen LogP contribution in [-0.2, 0) is 0 Å². The van der Waals surface area contributed by atoms with Crippen LogP contribution in [0.3, 0.4) is 0 Å². The second-order valence-electron chi connectivity index (χ2n) is 7.93. The number of benzene rings is 2. The zero-order chi connectivity index (χ0) is 22.2. The van der Waals surface area contributed by atoms with Gasteiger partial charge in [0.05, 0.1) is 10.9 Å². The number of H-pyrrole nitrogens is 1. The molecule has 162 valence electrons. The highest BCUT2D eigenvalue weighted by Gasteiger charge is 2.16. The van der Waals surface area contributed by atoms with Gasteiger partial charge < -0.3 is 20.9 Å². The molecule has 5 rings (SSSR count). The van der Waals surface area contributed by atoms with E-state index in [0.717, 1.165) is 43.0 Å². The number of nitrogens with one attached hydrogen (secondary N) is 2. The molecule has 0 atom stereocenters. The number of nitrogens with two attached hydrogens (primary N) is 1. The molecule has 1 aliphatic rings. The average molecular weight is 430 g/mol. The number of aromatic nitrogens is 3. The van der Waals surface area contributed by atoms with Crippen molar-refractivity contribution in [3.05, 3.63) is 70.7 Å². The Labute approximate surface area is 184 Å². The molecule has 0 aliphatic carbocycles. The van der Waals surface area contributed by atoms with Crippen LogP contribution in [-0.4, -0.2) is 41.1 Å². The van der Waals surface area contributed by atoms with E-state index < -0.39 is 5.95 Å². The molecule has 8 heteroatoms. The maximum absolute atomic E-state index is 14.8. The average Bonchev–Trinajstić information content (AvgIpc) is 2.79. The lowest BCUT2D eigenvalue weighted by molar-refractivity contribution is 0.588. The van der Waals surface area contributed by atoms with Crippen LogP contribution in [0.2, 0.25) is 0 Å². The van der Waals surface area contributed by atoms with Gasteiger partial charge in [-0.1, -0.05) is 18.2 Å². The fraction of sp³-hybridized carbons (Fsp3) is 0.208. The third kappa shape index (κ3) is 3.69. The number of hydrogen-bond donors (Lipinski definition) is 3. The fourth-order valence-corrected chi connectivity index (χ4v) is 4.14. The first-order chi connectivity index (χ1) is 15.5. The minimum atomic E-state index is -0.618. The summed E-state index contributed by atoms with van der Waals surface area (Å²) < 4.78 is 14.8. The standard InChI is InChI=1S/C24H23FN6O/c1-14-28-21-12-16(4-7-18(21)24(32)29-14)20-13-19(22(25)30-23(20)26)15-2-5-17(6-3-15)31-10-8-27-9-11-31/h2-7,12-13,27H,8-11H2,1H3,(H2,26,30)(H,28,29,32). The minimum absolute atomic E-state index is 0.0876. The van der Waals surface area contributed by atoms with Crippen LogP contribution in [0.1, 0.15) is 5.82 Å². The van der Waals surface area contributed by atoms with E-state index in [9.17, 15) is 9.18 Å². The van der Waals surface area contributed by atoms with Crippen molar-refractivity contribution in [3.63, 3.8) is 0 Å². The first-order valence-electron chi connectivity index (χ1n) is 10.5. The van der Waals surface area contributed by atoms with Gasteiger partial charge in [0, 0.05) is 43.0 Å². The molecule has 0 bridgehead atoms. The minimum Gasteiger partial charge on any atom is -0.383 e. The lowest BCUT2D eigenvalue weighted by Gasteiger charge is -2.29. The number of pyridine rings is 1. The molecule has 4 N–H and O–H groups in total. The van der Waals surface area contributed by atoms with Crippen molar-refractivity contribution < 1.29 is 4.39 Å². The number of rotatable bonds is 3. The van der Waals surface area contributed by atoms with E-state index in [4.69, 9.17) is 5.73 Å². The molecule has 1 saturated heterocycles. The van der Waals surface area contributed by atoms with E-state index >= 15 is 0 Å². The third-order valence-corrected chi connectivity index (χ3v) is 5.80. The van der Waals surface area contributed by atoms with Gasteiger partial charge in [-0.2, -0.15) is 4.39 Å². The van der Waals surface area contributed by atoms with E-state index in [-0.39, 0.29) is 11.4 Å². The van der Waals surface area contributed by atoms with Crippen LogP contribution in [0.15, 0.2) is 53.3 Å². The number of hydrogen-bond acceptors (Lipinski definition) is 6. The van der Waals surface area contributed by atoms with E-state index in [1.807, 2.05) is 24.3 Å². The molecule has 0 saturated carbocycles. The molecule has 7 nitrogen and oxygen atoms in total. The second kappa shape index (κ2) is 8.05. The molecule has 0 unspecified atom stereocenters. The molecular weight excluding hydrogens is 407 g/mol. The quantitative estimate of drug-likeness (QED) is 0.432. The van der Waals surface area contributed by atoms with Crippen LogP contribution < -0.4 is 21.5 Å². The van der Waals surface area contributed by atoms with Crippen molar-refractivity contribution >= 4 is 22.4 Å². The molecule has 0 radical (unpaired) electrons. The van der Waals surface area contributed by atoms with Crippen LogP contribution in [0.5, 0.6) is 0 Å². The molecule has 2 aromatic heterocycles. The molecule has 3 heterocycles. The SMILES string of the molecule is Cc1nc2cc(-c3cc(-c4ccc(N5CCNCC5)cc4)c(F)nc3N)ccc2c(=O)[nH]1. The zero-order valence-corrected chi connectivity index (χ0v) is 17.7. The predicted octanol–water partition coefficient (Wildman–Crippen LogP) is 3.09. The number of aromatic amines is 1. The molecule has 32 heavy (non-hydrogen) atoms. The van der Waals surface area contributed by atoms with Crippen molar-refractivity contribution in [2.24, 2.45) is 0 Å². The summed E-state index contributed by atoms with van der Waals surface area (Å²) in [6.45, 7) is 5.52. The summed E-state index contributed by atoms with van der Waals surface area (Å²) in [4.78, 5) is 25.5. The maximum atomic E-state index is 14.8. The number of anilines is 2. The van der Waals surface area contributed by atoms with E-state index in [1.54, 1.807) is 31.2 Å². The lowest BCUT2D eigenvalue weighted by atomic mass is 9.99. The summed E-state index contributed by atoms with van der Waals surface area (Å²) in [5, 5.41) is 3.82. The first kappa shape index (κ1) is 20.1. The summed E-state index contributed by atoms with van der Waals surface area (Å²) in [6, 6.07) is 14.8. The number of halogens is 1. The van der Waals surface area contributed by atoms with Crippen molar-refractivity contribution in [1.29, 1.82) is 0 Å². The third-order valence-electron chi connectivity index (χ3n) is 5.80. The van der Waals surface area contributed by atoms with E-state index in [2.05, 4.69) is 25.2 Å². The Hall–Kier alpha value is -3.78. The summed E-state index contributed by atoms with van der Waals surface area (Å²) >= 11 is 0. The highest BCUT2D eigenvalue weighted by Crippen LogP contribution is 2.33. The van der Waals surface area contributed by atoms with Crippen molar-refractivity contribution in [3.8, 4) is 22.3 Å². The Morgan fingerprint density at radius 2 is 1.69 bits per heavy atom. The van der Waals surface area contributed by atoms with E-state index in [1.165, 1.54) is 0 Å². The van der Waals surface area contributed by atoms with Gasteiger partial charge in [0.2, 0.25) is 5.95 Å². The Kier molecular flexibility index (Phi) is 5.07. The number of nitrogens with zero attached hydrogens (tertiary/aromatic N) is 3. The van der Waals surface area contributed by atoms with Crippen molar-refractivity contribution in [2.75, 3.05) is 36.8 Å². The highest BCUT2D eigenvalue weighted by molar-refractivity contribution is 5.87. The predicted molar refractivity (Wildman–Crippen MR) is 125 cm³/mol. The van der Waals surface area contributed by atoms with Crippen molar-refractivity contribution in [2.45, 2.75) is 6.92 Å². The molecule has 1 fully saturated rings. The highest BCUT2D eigenvalue weighted by atomic mass is 19.1. The fourth-order valence-electron chi connectivity index (χ4n) is 4.14. The lowest BCUT2D eigenvalue weighted by Crippen LogP contribution is -2.43. The van der Waals surface area contributed by atoms with Gasteiger partial charge in [-0.25, -0.2) is 9.97 Å². The van der Waals surface area contributed by atoms with E-state index in [0.29, 0.717) is 27.9 Å². The topological polar surface area (TPSA) is 99.9 Å². The Morgan fingerprint density at radius 3 is 2.44 bits per heavy atom. The number of aryl methyl sites for hydroxylation is 1. The van der Waals surface area contributed by atoms with Gasteiger partial charge in [-0.15, -0.1) is 0 Å². The molecule has 4 aromatic rings. The Bertz CT molecular complexity index is 1360. The van der Waals surface area contributed by atoms with Gasteiger partial charge in [-0.05, 0) is 48.4 Å². The molecule has 0 amide bonds. The van der Waals surface area contributed by atoms with Gasteiger partial charge in [0.1, 0.15) is 11.6 Å². The summed E-state index contributed by atoms with van der Waals surface area (Å²) in [6.07, 6.45) is 0. The molecule has 2 aromatic carbocycles. The number of piperazine rings is 1. The van der Waals surface area contributed by atoms with Crippen LogP contribution >= 0.6 is 0 Å². The smallest absolute Gasteiger partial charge is 0.258 e. The van der Waals surface area contributed by atoms with Gasteiger partial charge in [0.15, 0.2) is 0 Å². The van der Waals surface area contributed by atoms with Crippen LogP contribution in [0.25, 0.3) is 33.2 Å². The van der Waals surface area contributed by atoms with Crippen molar-refractivity contribution in [1.82, 2.24) is 20.3 Å². The first-order valence-corrected chi connectivity index (χ1v) is 10.5. The maximum Gasteiger partial charge on any atom is 0.258 e. The summed E-state index contributed by atoms with van der Waals surface area (Å²) in [5.74, 6) is -0.00732. The summed E-state index contributed by atoms with van der Waals surface area (Å²) in [5.41, 5.74) is 9.94. The number of nitrogen functional groups attached to an aromatic ring is 1. The molecular formula is C24H23FN6O. The Morgan fingerprint density at radius 1 is 0.969 bits per heavy atom. The zero-order valence-electron chi connectivity index (χ0n) is 17.7. The van der Waals surface area contributed by atoms with Gasteiger partial charge in [0.25, 0.3) is 5.56 Å². The van der Waals surface area contributed by atoms with Gasteiger partial charge in [-0.3, -0.25) is 4.79 Å². The van der Waals surface area contributed by atoms with Crippen LogP contribution in [0, 0.1) is 12.9 Å². The van der Waals surface area contributed by atoms with Gasteiger partial charge >= 0.3 is 0 Å². The largest absolute Gasteiger partial charge is 0.383 e. The summed E-state index contributed by atoms with van der Waals surface area (Å²) in [7, 11) is 0. The second-order valence-corrected chi connectivity index (χ2v) is 7.93.